The van der Waals surface area contributed by atoms with Gasteiger partial charge in [-0.05, 0) is 42.8 Å². The molecule has 3 rings (SSSR count). The van der Waals surface area contributed by atoms with Gasteiger partial charge in [0, 0.05) is 13.1 Å². The lowest BCUT2D eigenvalue weighted by Crippen LogP contribution is -2.17. The van der Waals surface area contributed by atoms with Crippen LogP contribution in [0.25, 0.3) is 0 Å². The summed E-state index contributed by atoms with van der Waals surface area (Å²) in [5.41, 5.74) is 3.95. The number of hydrogen-bond acceptors (Lipinski definition) is 3. The summed E-state index contributed by atoms with van der Waals surface area (Å²) in [6.45, 7) is 4.33. The molecular weight excluding hydrogens is 250 g/mol. The SMILES string of the molecule is Cc1ccccc1CN(C)Cc1ccc2c(c1)OCO2. The number of rotatable bonds is 4. The molecule has 0 bridgehead atoms. The lowest BCUT2D eigenvalue weighted by Gasteiger charge is -2.18. The van der Waals surface area contributed by atoms with Gasteiger partial charge in [0.15, 0.2) is 11.5 Å². The smallest absolute Gasteiger partial charge is 0.231 e. The van der Waals surface area contributed by atoms with Crippen LogP contribution in [-0.4, -0.2) is 18.7 Å². The molecule has 0 spiro atoms. The standard InChI is InChI=1S/C17H19NO2/c1-13-5-3-4-6-15(13)11-18(2)10-14-7-8-16-17(9-14)20-12-19-16/h3-9H,10-12H2,1-2H3. The van der Waals surface area contributed by atoms with Crippen LogP contribution in [0.3, 0.4) is 0 Å². The predicted molar refractivity (Wildman–Crippen MR) is 78.9 cm³/mol. The van der Waals surface area contributed by atoms with E-state index in [0.717, 1.165) is 24.6 Å². The summed E-state index contributed by atoms with van der Waals surface area (Å²) in [5.74, 6) is 1.70. The van der Waals surface area contributed by atoms with E-state index in [1.807, 2.05) is 6.07 Å². The summed E-state index contributed by atoms with van der Waals surface area (Å²) in [6, 6.07) is 14.7. The van der Waals surface area contributed by atoms with E-state index in [1.54, 1.807) is 0 Å². The fraction of sp³-hybridized carbons (Fsp3) is 0.294. The first-order valence-corrected chi connectivity index (χ1v) is 6.84. The molecule has 3 nitrogen and oxygen atoms in total. The maximum Gasteiger partial charge on any atom is 0.231 e. The fourth-order valence-corrected chi connectivity index (χ4v) is 2.49. The van der Waals surface area contributed by atoms with Crippen LogP contribution in [0, 0.1) is 6.92 Å². The second kappa shape index (κ2) is 5.55. The molecular formula is C17H19NO2. The second-order valence-corrected chi connectivity index (χ2v) is 5.29. The van der Waals surface area contributed by atoms with Gasteiger partial charge in [-0.15, -0.1) is 0 Å². The van der Waals surface area contributed by atoms with Gasteiger partial charge in [0.05, 0.1) is 0 Å². The molecule has 0 fully saturated rings. The number of nitrogens with zero attached hydrogens (tertiary/aromatic N) is 1. The molecule has 0 radical (unpaired) electrons. The topological polar surface area (TPSA) is 21.7 Å². The molecule has 0 N–H and O–H groups in total. The van der Waals surface area contributed by atoms with Crippen LogP contribution in [0.4, 0.5) is 0 Å². The van der Waals surface area contributed by atoms with Crippen molar-refractivity contribution in [2.45, 2.75) is 20.0 Å². The van der Waals surface area contributed by atoms with Gasteiger partial charge in [-0.25, -0.2) is 0 Å². The molecule has 0 aliphatic carbocycles. The summed E-state index contributed by atoms with van der Waals surface area (Å²) < 4.78 is 10.8. The van der Waals surface area contributed by atoms with Crippen LogP contribution < -0.4 is 9.47 Å². The highest BCUT2D eigenvalue weighted by atomic mass is 16.7. The van der Waals surface area contributed by atoms with E-state index in [1.165, 1.54) is 16.7 Å². The van der Waals surface area contributed by atoms with Crippen molar-refractivity contribution in [1.82, 2.24) is 4.90 Å². The highest BCUT2D eigenvalue weighted by Gasteiger charge is 2.13. The molecule has 2 aromatic rings. The van der Waals surface area contributed by atoms with E-state index in [9.17, 15) is 0 Å². The third-order valence-corrected chi connectivity index (χ3v) is 3.59. The van der Waals surface area contributed by atoms with Crippen LogP contribution in [0.1, 0.15) is 16.7 Å². The Morgan fingerprint density at radius 2 is 1.80 bits per heavy atom. The van der Waals surface area contributed by atoms with Gasteiger partial charge in [-0.2, -0.15) is 0 Å². The Morgan fingerprint density at radius 3 is 2.65 bits per heavy atom. The summed E-state index contributed by atoms with van der Waals surface area (Å²) in [6.07, 6.45) is 0. The number of ether oxygens (including phenoxy) is 2. The van der Waals surface area contributed by atoms with E-state index < -0.39 is 0 Å². The first-order chi connectivity index (χ1) is 9.72. The van der Waals surface area contributed by atoms with Crippen molar-refractivity contribution in [3.8, 4) is 11.5 Å². The number of fused-ring (bicyclic) bond motifs is 1. The number of aryl methyl sites for hydroxylation is 1. The van der Waals surface area contributed by atoms with E-state index in [-0.39, 0.29) is 0 Å². The highest BCUT2D eigenvalue weighted by molar-refractivity contribution is 5.44. The lowest BCUT2D eigenvalue weighted by molar-refractivity contribution is 0.174. The molecule has 3 heteroatoms. The highest BCUT2D eigenvalue weighted by Crippen LogP contribution is 2.32. The Kier molecular flexibility index (Phi) is 3.61. The van der Waals surface area contributed by atoms with Crippen molar-refractivity contribution in [3.63, 3.8) is 0 Å². The Bertz CT molecular complexity index is 610. The van der Waals surface area contributed by atoms with Gasteiger partial charge >= 0.3 is 0 Å². The van der Waals surface area contributed by atoms with Crippen LogP contribution in [0.5, 0.6) is 11.5 Å². The molecule has 1 aliphatic heterocycles. The van der Waals surface area contributed by atoms with Crippen LogP contribution >= 0.6 is 0 Å². The van der Waals surface area contributed by atoms with E-state index in [4.69, 9.17) is 9.47 Å². The third kappa shape index (κ3) is 2.78. The van der Waals surface area contributed by atoms with E-state index in [0.29, 0.717) is 6.79 Å². The Morgan fingerprint density at radius 1 is 1.00 bits per heavy atom. The average Bonchev–Trinajstić information content (AvgIpc) is 2.89. The molecule has 2 aromatic carbocycles. The largest absolute Gasteiger partial charge is 0.454 e. The fourth-order valence-electron chi connectivity index (χ4n) is 2.49. The average molecular weight is 269 g/mol. The second-order valence-electron chi connectivity index (χ2n) is 5.29. The van der Waals surface area contributed by atoms with Gasteiger partial charge in [0.2, 0.25) is 6.79 Å². The van der Waals surface area contributed by atoms with Crippen molar-refractivity contribution in [2.24, 2.45) is 0 Å². The van der Waals surface area contributed by atoms with Gasteiger partial charge in [0.25, 0.3) is 0 Å². The van der Waals surface area contributed by atoms with E-state index >= 15 is 0 Å². The predicted octanol–water partition coefficient (Wildman–Crippen LogP) is 3.36. The zero-order chi connectivity index (χ0) is 13.9. The minimum absolute atomic E-state index is 0.331. The number of hydrogen-bond donors (Lipinski definition) is 0. The molecule has 0 aromatic heterocycles. The molecule has 1 heterocycles. The van der Waals surface area contributed by atoms with Crippen LogP contribution in [0.2, 0.25) is 0 Å². The van der Waals surface area contributed by atoms with Gasteiger partial charge in [0.1, 0.15) is 0 Å². The summed E-state index contributed by atoms with van der Waals surface area (Å²) >= 11 is 0. The first kappa shape index (κ1) is 13.0. The minimum atomic E-state index is 0.331. The Balaban J connectivity index is 1.67. The van der Waals surface area contributed by atoms with Crippen LogP contribution in [0.15, 0.2) is 42.5 Å². The van der Waals surface area contributed by atoms with Gasteiger partial charge < -0.3 is 9.47 Å². The maximum atomic E-state index is 5.42. The molecule has 20 heavy (non-hydrogen) atoms. The van der Waals surface area contributed by atoms with Gasteiger partial charge in [-0.3, -0.25) is 4.90 Å². The molecule has 0 saturated heterocycles. The summed E-state index contributed by atoms with van der Waals surface area (Å²) in [7, 11) is 2.14. The van der Waals surface area contributed by atoms with Crippen LogP contribution in [-0.2, 0) is 13.1 Å². The summed E-state index contributed by atoms with van der Waals surface area (Å²) in [4.78, 5) is 2.31. The Hall–Kier alpha value is -2.00. The Labute approximate surface area is 119 Å². The maximum absolute atomic E-state index is 5.42. The monoisotopic (exact) mass is 269 g/mol. The van der Waals surface area contributed by atoms with E-state index in [2.05, 4.69) is 55.3 Å². The van der Waals surface area contributed by atoms with Crippen molar-refractivity contribution in [1.29, 1.82) is 0 Å². The molecule has 0 amide bonds. The van der Waals surface area contributed by atoms with Gasteiger partial charge in [-0.1, -0.05) is 30.3 Å². The normalized spacial score (nSPS) is 12.9. The third-order valence-electron chi connectivity index (χ3n) is 3.59. The number of benzene rings is 2. The quantitative estimate of drug-likeness (QED) is 0.849. The zero-order valence-electron chi connectivity index (χ0n) is 11.9. The van der Waals surface area contributed by atoms with Crippen molar-refractivity contribution >= 4 is 0 Å². The zero-order valence-corrected chi connectivity index (χ0v) is 11.9. The molecule has 104 valence electrons. The lowest BCUT2D eigenvalue weighted by atomic mass is 10.1. The molecule has 0 saturated carbocycles. The van der Waals surface area contributed by atoms with Crippen molar-refractivity contribution in [2.75, 3.05) is 13.8 Å². The first-order valence-electron chi connectivity index (χ1n) is 6.84. The molecule has 0 atom stereocenters. The summed E-state index contributed by atoms with van der Waals surface area (Å²) in [5, 5.41) is 0. The van der Waals surface area contributed by atoms with Crippen molar-refractivity contribution < 1.29 is 9.47 Å². The molecule has 0 unspecified atom stereocenters. The molecule has 1 aliphatic rings. The minimum Gasteiger partial charge on any atom is -0.454 e. The van der Waals surface area contributed by atoms with Crippen molar-refractivity contribution in [3.05, 3.63) is 59.2 Å².